The second-order valence-electron chi connectivity index (χ2n) is 6.41. The van der Waals surface area contributed by atoms with Gasteiger partial charge in [-0.3, -0.25) is 0 Å². The molecule has 0 aromatic carbocycles. The molecule has 0 aliphatic carbocycles. The van der Waals surface area contributed by atoms with E-state index in [-0.39, 0.29) is 24.0 Å². The molecule has 2 aliphatic heterocycles. The number of carboxylic acid groups (broad SMARTS) is 1. The number of urea groups is 1. The highest BCUT2D eigenvalue weighted by molar-refractivity contribution is 5.83. The number of carboxylic acids is 1. The summed E-state index contributed by atoms with van der Waals surface area (Å²) in [6.45, 7) is 6.63. The van der Waals surface area contributed by atoms with Crippen LogP contribution in [-0.2, 0) is 4.79 Å². The minimum atomic E-state index is -0.872. The van der Waals surface area contributed by atoms with Gasteiger partial charge in [0.2, 0.25) is 0 Å². The van der Waals surface area contributed by atoms with E-state index in [0.717, 1.165) is 32.1 Å². The first-order valence-corrected chi connectivity index (χ1v) is 7.75. The minimum absolute atomic E-state index is 0.0283. The van der Waals surface area contributed by atoms with Crippen LogP contribution in [0.25, 0.3) is 0 Å². The zero-order chi connectivity index (χ0) is 14.9. The summed E-state index contributed by atoms with van der Waals surface area (Å²) in [5, 5.41) is 9.45. The van der Waals surface area contributed by atoms with E-state index in [2.05, 4.69) is 13.8 Å². The largest absolute Gasteiger partial charge is 0.480 e. The molecule has 2 fully saturated rings. The third-order valence-electron chi connectivity index (χ3n) is 4.85. The highest BCUT2D eigenvalue weighted by Gasteiger charge is 2.41. The minimum Gasteiger partial charge on any atom is -0.480 e. The van der Waals surface area contributed by atoms with Crippen LogP contribution in [0.4, 0.5) is 4.79 Å². The van der Waals surface area contributed by atoms with Crippen molar-refractivity contribution in [3.8, 4) is 0 Å². The van der Waals surface area contributed by atoms with Gasteiger partial charge in [-0.25, -0.2) is 9.59 Å². The summed E-state index contributed by atoms with van der Waals surface area (Å²) < 4.78 is 0. The summed E-state index contributed by atoms with van der Waals surface area (Å²) in [7, 11) is 0. The topological polar surface area (TPSA) is 60.9 Å². The Labute approximate surface area is 120 Å². The van der Waals surface area contributed by atoms with Gasteiger partial charge in [0, 0.05) is 18.6 Å². The van der Waals surface area contributed by atoms with Gasteiger partial charge in [-0.1, -0.05) is 6.92 Å². The first-order valence-electron chi connectivity index (χ1n) is 7.75. The van der Waals surface area contributed by atoms with Gasteiger partial charge >= 0.3 is 12.0 Å². The third kappa shape index (κ3) is 2.76. The van der Waals surface area contributed by atoms with E-state index in [9.17, 15) is 14.7 Å². The molecule has 2 rings (SSSR count). The molecule has 2 saturated heterocycles. The summed E-state index contributed by atoms with van der Waals surface area (Å²) in [6.07, 6.45) is 4.94. The fraction of sp³-hybridized carbons (Fsp3) is 0.867. The molecule has 0 spiro atoms. The van der Waals surface area contributed by atoms with E-state index in [4.69, 9.17) is 0 Å². The number of nitrogens with zero attached hydrogens (tertiary/aromatic N) is 2. The molecule has 0 aromatic rings. The zero-order valence-electron chi connectivity index (χ0n) is 12.7. The maximum Gasteiger partial charge on any atom is 0.326 e. The second-order valence-corrected chi connectivity index (χ2v) is 6.41. The Morgan fingerprint density at radius 1 is 1.00 bits per heavy atom. The molecule has 4 unspecified atom stereocenters. The normalized spacial score (nSPS) is 35.0. The lowest BCUT2D eigenvalue weighted by molar-refractivity contribution is -0.145. The Morgan fingerprint density at radius 2 is 1.60 bits per heavy atom. The van der Waals surface area contributed by atoms with Gasteiger partial charge in [0.15, 0.2) is 0 Å². The monoisotopic (exact) mass is 282 g/mol. The van der Waals surface area contributed by atoms with Crippen molar-refractivity contribution in [2.45, 2.75) is 71.0 Å². The van der Waals surface area contributed by atoms with Crippen molar-refractivity contribution in [3.63, 3.8) is 0 Å². The quantitative estimate of drug-likeness (QED) is 0.804. The summed E-state index contributed by atoms with van der Waals surface area (Å²) in [4.78, 5) is 27.8. The molecular formula is C15H26N2O3. The van der Waals surface area contributed by atoms with Gasteiger partial charge in [0.25, 0.3) is 0 Å². The Kier molecular flexibility index (Phi) is 4.55. The van der Waals surface area contributed by atoms with E-state index in [0.29, 0.717) is 6.54 Å². The highest BCUT2D eigenvalue weighted by atomic mass is 16.4. The highest BCUT2D eigenvalue weighted by Crippen LogP contribution is 2.29. The fourth-order valence-electron chi connectivity index (χ4n) is 3.73. The van der Waals surface area contributed by atoms with E-state index in [1.807, 2.05) is 11.8 Å². The maximum absolute atomic E-state index is 12.8. The van der Waals surface area contributed by atoms with Crippen molar-refractivity contribution in [3.05, 3.63) is 0 Å². The Hall–Kier alpha value is -1.26. The lowest BCUT2D eigenvalue weighted by Crippen LogP contribution is -2.59. The zero-order valence-corrected chi connectivity index (χ0v) is 12.7. The predicted molar refractivity (Wildman–Crippen MR) is 76.5 cm³/mol. The molecule has 4 atom stereocenters. The molecule has 5 heteroatoms. The molecule has 1 N–H and O–H groups in total. The maximum atomic E-state index is 12.8. The smallest absolute Gasteiger partial charge is 0.326 e. The first kappa shape index (κ1) is 15.1. The van der Waals surface area contributed by atoms with E-state index >= 15 is 0 Å². The van der Waals surface area contributed by atoms with Crippen LogP contribution in [0, 0.1) is 5.92 Å². The van der Waals surface area contributed by atoms with E-state index in [1.54, 1.807) is 4.90 Å². The molecule has 2 aliphatic rings. The Bertz CT molecular complexity index is 375. The van der Waals surface area contributed by atoms with Crippen LogP contribution < -0.4 is 0 Å². The van der Waals surface area contributed by atoms with E-state index in [1.165, 1.54) is 0 Å². The number of rotatable bonds is 1. The number of likely N-dealkylation sites (tertiary alicyclic amines) is 2. The third-order valence-corrected chi connectivity index (χ3v) is 4.85. The number of piperidine rings is 2. The molecule has 114 valence electrons. The van der Waals surface area contributed by atoms with Crippen LogP contribution in [0.3, 0.4) is 0 Å². The molecule has 0 saturated carbocycles. The number of amides is 2. The lowest BCUT2D eigenvalue weighted by Gasteiger charge is -2.45. The van der Waals surface area contributed by atoms with Crippen molar-refractivity contribution >= 4 is 12.0 Å². The molecular weight excluding hydrogens is 256 g/mol. The van der Waals surface area contributed by atoms with Crippen molar-refractivity contribution in [1.29, 1.82) is 0 Å². The molecule has 0 aromatic heterocycles. The van der Waals surface area contributed by atoms with Gasteiger partial charge in [-0.2, -0.15) is 0 Å². The molecule has 0 bridgehead atoms. The van der Waals surface area contributed by atoms with Crippen LogP contribution in [0.5, 0.6) is 0 Å². The summed E-state index contributed by atoms with van der Waals surface area (Å²) in [6, 6.07) is -0.336. The van der Waals surface area contributed by atoms with Crippen LogP contribution in [0.15, 0.2) is 0 Å². The number of hydrogen-bond donors (Lipinski definition) is 1. The van der Waals surface area contributed by atoms with E-state index < -0.39 is 12.0 Å². The van der Waals surface area contributed by atoms with Crippen molar-refractivity contribution in [2.75, 3.05) is 6.54 Å². The van der Waals surface area contributed by atoms with Crippen LogP contribution in [0.2, 0.25) is 0 Å². The standard InChI is InChI=1S/C15H26N2O3/c1-10-6-5-9-16(13(10)14(18)19)15(20)17-11(2)7-4-8-12(17)3/h10-13H,4-9H2,1-3H3,(H,18,19). The molecule has 2 heterocycles. The predicted octanol–water partition coefficient (Wildman–Crippen LogP) is 2.55. The number of carbonyl (C=O) groups excluding carboxylic acids is 1. The average Bonchev–Trinajstić information content (AvgIpc) is 2.37. The van der Waals surface area contributed by atoms with Crippen molar-refractivity contribution in [2.24, 2.45) is 5.92 Å². The Morgan fingerprint density at radius 3 is 2.15 bits per heavy atom. The van der Waals surface area contributed by atoms with Crippen LogP contribution in [-0.4, -0.2) is 51.6 Å². The molecule has 20 heavy (non-hydrogen) atoms. The first-order chi connectivity index (χ1) is 9.43. The van der Waals surface area contributed by atoms with Crippen LogP contribution in [0.1, 0.15) is 52.9 Å². The summed E-state index contributed by atoms with van der Waals surface area (Å²) >= 11 is 0. The second kappa shape index (κ2) is 6.02. The SMILES string of the molecule is CC1CCCN(C(=O)N2C(C)CCCC2C)C1C(=O)O. The van der Waals surface area contributed by atoms with Crippen molar-refractivity contribution < 1.29 is 14.7 Å². The number of hydrogen-bond acceptors (Lipinski definition) is 2. The van der Waals surface area contributed by atoms with Gasteiger partial charge in [-0.15, -0.1) is 0 Å². The number of aliphatic carboxylic acids is 1. The summed E-state index contributed by atoms with van der Waals surface area (Å²) in [5.41, 5.74) is 0. The summed E-state index contributed by atoms with van der Waals surface area (Å²) in [5.74, 6) is -0.844. The fourth-order valence-corrected chi connectivity index (χ4v) is 3.73. The molecule has 5 nitrogen and oxygen atoms in total. The molecule has 2 amide bonds. The van der Waals surface area contributed by atoms with Gasteiger partial charge in [-0.05, 0) is 51.9 Å². The lowest BCUT2D eigenvalue weighted by atomic mass is 9.90. The molecule has 0 radical (unpaired) electrons. The number of carbonyl (C=O) groups is 2. The van der Waals surface area contributed by atoms with Gasteiger partial charge in [0.05, 0.1) is 0 Å². The van der Waals surface area contributed by atoms with Crippen LogP contribution >= 0.6 is 0 Å². The average molecular weight is 282 g/mol. The van der Waals surface area contributed by atoms with Gasteiger partial charge < -0.3 is 14.9 Å². The van der Waals surface area contributed by atoms with Gasteiger partial charge in [0.1, 0.15) is 6.04 Å². The van der Waals surface area contributed by atoms with Crippen molar-refractivity contribution in [1.82, 2.24) is 9.80 Å². The Balaban J connectivity index is 2.19.